The van der Waals surface area contributed by atoms with Crippen LogP contribution in [0.1, 0.15) is 12.5 Å². The molecule has 1 fully saturated rings. The Hall–Kier alpha value is -1.79. The van der Waals surface area contributed by atoms with Gasteiger partial charge in [-0.15, -0.1) is 0 Å². The van der Waals surface area contributed by atoms with Gasteiger partial charge in [0.05, 0.1) is 12.8 Å². The summed E-state index contributed by atoms with van der Waals surface area (Å²) in [4.78, 5) is 30.2. The normalized spacial score (nSPS) is 15.3. The number of likely N-dealkylation sites (N-methyl/N-ethyl adjacent to an activating group) is 1. The van der Waals surface area contributed by atoms with E-state index in [0.29, 0.717) is 29.5 Å². The van der Waals surface area contributed by atoms with Crippen LogP contribution in [-0.4, -0.2) is 68.5 Å². The molecule has 132 valence electrons. The predicted octanol–water partition coefficient (Wildman–Crippen LogP) is 1.78. The number of halogens is 1. The predicted molar refractivity (Wildman–Crippen MR) is 94.8 cm³/mol. The number of nitrogens with zero attached hydrogens (tertiary/aromatic N) is 3. The van der Waals surface area contributed by atoms with Gasteiger partial charge < -0.3 is 14.5 Å². The molecule has 0 spiro atoms. The van der Waals surface area contributed by atoms with Gasteiger partial charge in [-0.3, -0.25) is 14.5 Å². The number of hydrogen-bond acceptors (Lipinski definition) is 4. The van der Waals surface area contributed by atoms with Crippen molar-refractivity contribution in [2.24, 2.45) is 0 Å². The molecule has 7 heteroatoms. The maximum atomic E-state index is 12.6. The van der Waals surface area contributed by atoms with E-state index in [2.05, 4.69) is 4.90 Å². The molecule has 0 saturated carbocycles. The number of benzene rings is 1. The number of carbonyl (C=O) groups excluding carboxylic acids is 2. The first kappa shape index (κ1) is 18.5. The fourth-order valence-corrected chi connectivity index (χ4v) is 2.83. The number of anilines is 1. The van der Waals surface area contributed by atoms with Crippen molar-refractivity contribution in [3.05, 3.63) is 22.7 Å². The van der Waals surface area contributed by atoms with Gasteiger partial charge in [0, 0.05) is 44.2 Å². The minimum atomic E-state index is -0.211. The second-order valence-electron chi connectivity index (χ2n) is 6.06. The average Bonchev–Trinajstić information content (AvgIpc) is 2.55. The van der Waals surface area contributed by atoms with E-state index in [4.69, 9.17) is 16.3 Å². The second-order valence-corrected chi connectivity index (χ2v) is 6.47. The smallest absolute Gasteiger partial charge is 0.242 e. The SMILES string of the molecule is COc1cc(Cl)c(C)cc1N(CC(=O)N1CCN(C)CC1)C(C)=O. The second kappa shape index (κ2) is 7.85. The zero-order chi connectivity index (χ0) is 17.9. The summed E-state index contributed by atoms with van der Waals surface area (Å²) >= 11 is 6.13. The quantitative estimate of drug-likeness (QED) is 0.828. The Morgan fingerprint density at radius 1 is 1.25 bits per heavy atom. The molecule has 1 aliphatic heterocycles. The topological polar surface area (TPSA) is 53.1 Å². The highest BCUT2D eigenvalue weighted by molar-refractivity contribution is 6.31. The third-order valence-corrected chi connectivity index (χ3v) is 4.69. The van der Waals surface area contributed by atoms with Gasteiger partial charge >= 0.3 is 0 Å². The van der Waals surface area contributed by atoms with Crippen LogP contribution >= 0.6 is 11.6 Å². The van der Waals surface area contributed by atoms with Gasteiger partial charge in [-0.05, 0) is 25.6 Å². The Bertz CT molecular complexity index is 628. The summed E-state index contributed by atoms with van der Waals surface area (Å²) in [5.41, 5.74) is 1.39. The molecular formula is C17H24ClN3O3. The number of rotatable bonds is 4. The zero-order valence-corrected chi connectivity index (χ0v) is 15.4. The highest BCUT2D eigenvalue weighted by Crippen LogP contribution is 2.34. The molecule has 24 heavy (non-hydrogen) atoms. The Kier molecular flexibility index (Phi) is 6.07. The van der Waals surface area contributed by atoms with Gasteiger partial charge in [-0.1, -0.05) is 11.6 Å². The molecule has 1 heterocycles. The standard InChI is InChI=1S/C17H24ClN3O3/c1-12-9-15(16(24-4)10-14(12)18)21(13(2)22)11-17(23)20-7-5-19(3)6-8-20/h9-10H,5-8,11H2,1-4H3. The molecule has 1 aromatic carbocycles. The molecule has 1 aliphatic rings. The Balaban J connectivity index is 2.22. The lowest BCUT2D eigenvalue weighted by Crippen LogP contribution is -2.50. The van der Waals surface area contributed by atoms with Crippen molar-refractivity contribution in [3.63, 3.8) is 0 Å². The minimum Gasteiger partial charge on any atom is -0.495 e. The van der Waals surface area contributed by atoms with Crippen LogP contribution in [0.5, 0.6) is 5.75 Å². The van der Waals surface area contributed by atoms with E-state index in [-0.39, 0.29) is 18.4 Å². The molecule has 0 atom stereocenters. The van der Waals surface area contributed by atoms with Crippen molar-refractivity contribution in [1.29, 1.82) is 0 Å². The lowest BCUT2D eigenvalue weighted by Gasteiger charge is -2.34. The number of ether oxygens (including phenoxy) is 1. The summed E-state index contributed by atoms with van der Waals surface area (Å²) in [6.07, 6.45) is 0. The molecule has 0 radical (unpaired) electrons. The van der Waals surface area contributed by atoms with E-state index in [1.807, 2.05) is 14.0 Å². The summed E-state index contributed by atoms with van der Waals surface area (Å²) in [6, 6.07) is 3.45. The molecule has 2 rings (SSSR count). The number of amides is 2. The molecule has 1 aromatic rings. The largest absolute Gasteiger partial charge is 0.495 e. The Morgan fingerprint density at radius 2 is 1.88 bits per heavy atom. The van der Waals surface area contributed by atoms with Crippen molar-refractivity contribution in [2.75, 3.05) is 51.8 Å². The molecule has 0 unspecified atom stereocenters. The molecule has 0 aliphatic carbocycles. The number of hydrogen-bond donors (Lipinski definition) is 0. The van der Waals surface area contributed by atoms with Gasteiger partial charge in [0.25, 0.3) is 0 Å². The van der Waals surface area contributed by atoms with E-state index in [1.165, 1.54) is 18.9 Å². The van der Waals surface area contributed by atoms with Gasteiger partial charge in [0.15, 0.2) is 0 Å². The first-order chi connectivity index (χ1) is 11.3. The van der Waals surface area contributed by atoms with E-state index in [9.17, 15) is 9.59 Å². The summed E-state index contributed by atoms with van der Waals surface area (Å²) < 4.78 is 5.34. The summed E-state index contributed by atoms with van der Waals surface area (Å²) in [5.74, 6) is 0.206. The zero-order valence-electron chi connectivity index (χ0n) is 14.6. The average molecular weight is 354 g/mol. The molecule has 1 saturated heterocycles. The van der Waals surface area contributed by atoms with E-state index < -0.39 is 0 Å². The van der Waals surface area contributed by atoms with E-state index in [0.717, 1.165) is 18.7 Å². The highest BCUT2D eigenvalue weighted by atomic mass is 35.5. The molecule has 2 amide bonds. The van der Waals surface area contributed by atoms with Crippen LogP contribution in [0.2, 0.25) is 5.02 Å². The molecule has 0 aromatic heterocycles. The van der Waals surface area contributed by atoms with Gasteiger partial charge in [0.2, 0.25) is 11.8 Å². The number of piperazine rings is 1. The number of carbonyl (C=O) groups is 2. The van der Waals surface area contributed by atoms with Crippen LogP contribution in [0, 0.1) is 6.92 Å². The third-order valence-electron chi connectivity index (χ3n) is 4.28. The molecule has 0 bridgehead atoms. The van der Waals surface area contributed by atoms with Crippen LogP contribution in [0.4, 0.5) is 5.69 Å². The third kappa shape index (κ3) is 4.19. The number of methoxy groups -OCH3 is 1. The van der Waals surface area contributed by atoms with Crippen LogP contribution in [0.25, 0.3) is 0 Å². The van der Waals surface area contributed by atoms with Crippen LogP contribution in [-0.2, 0) is 9.59 Å². The maximum absolute atomic E-state index is 12.6. The summed E-state index contributed by atoms with van der Waals surface area (Å²) in [5, 5.41) is 0.560. The van der Waals surface area contributed by atoms with Crippen molar-refractivity contribution in [2.45, 2.75) is 13.8 Å². The molecule has 0 N–H and O–H groups in total. The Labute approximate surface area is 147 Å². The first-order valence-corrected chi connectivity index (χ1v) is 8.29. The molecular weight excluding hydrogens is 330 g/mol. The minimum absolute atomic E-state index is 0.00349. The van der Waals surface area contributed by atoms with Gasteiger partial charge in [-0.25, -0.2) is 0 Å². The van der Waals surface area contributed by atoms with Crippen molar-refractivity contribution in [3.8, 4) is 5.75 Å². The fourth-order valence-electron chi connectivity index (χ4n) is 2.68. The van der Waals surface area contributed by atoms with Crippen LogP contribution < -0.4 is 9.64 Å². The van der Waals surface area contributed by atoms with E-state index in [1.54, 1.807) is 17.0 Å². The van der Waals surface area contributed by atoms with Crippen LogP contribution in [0.15, 0.2) is 12.1 Å². The first-order valence-electron chi connectivity index (χ1n) is 7.92. The lowest BCUT2D eigenvalue weighted by molar-refractivity contribution is -0.132. The summed E-state index contributed by atoms with van der Waals surface area (Å²) in [7, 11) is 3.55. The van der Waals surface area contributed by atoms with Crippen LogP contribution in [0.3, 0.4) is 0 Å². The van der Waals surface area contributed by atoms with Crippen molar-refractivity contribution < 1.29 is 14.3 Å². The molecule has 6 nitrogen and oxygen atoms in total. The monoisotopic (exact) mass is 353 g/mol. The van der Waals surface area contributed by atoms with Gasteiger partial charge in [-0.2, -0.15) is 0 Å². The lowest BCUT2D eigenvalue weighted by atomic mass is 10.1. The van der Waals surface area contributed by atoms with Crippen molar-refractivity contribution >= 4 is 29.1 Å². The fraction of sp³-hybridized carbons (Fsp3) is 0.529. The summed E-state index contributed by atoms with van der Waals surface area (Å²) in [6.45, 7) is 6.34. The maximum Gasteiger partial charge on any atom is 0.242 e. The highest BCUT2D eigenvalue weighted by Gasteiger charge is 2.25. The van der Waals surface area contributed by atoms with E-state index >= 15 is 0 Å². The van der Waals surface area contributed by atoms with Crippen molar-refractivity contribution in [1.82, 2.24) is 9.80 Å². The van der Waals surface area contributed by atoms with Gasteiger partial charge in [0.1, 0.15) is 12.3 Å². The Morgan fingerprint density at radius 3 is 2.42 bits per heavy atom. The number of aryl methyl sites for hydroxylation is 1.